The van der Waals surface area contributed by atoms with E-state index >= 15 is 0 Å². The highest BCUT2D eigenvalue weighted by Crippen LogP contribution is 2.29. The summed E-state index contributed by atoms with van der Waals surface area (Å²) < 4.78 is 0. The van der Waals surface area contributed by atoms with E-state index < -0.39 is 0 Å². The maximum atomic E-state index is 12.2. The van der Waals surface area contributed by atoms with E-state index in [9.17, 15) is 4.79 Å². The van der Waals surface area contributed by atoms with Gasteiger partial charge in [-0.25, -0.2) is 0 Å². The van der Waals surface area contributed by atoms with Crippen LogP contribution >= 0.6 is 0 Å². The van der Waals surface area contributed by atoms with Gasteiger partial charge in [0.05, 0.1) is 0 Å². The van der Waals surface area contributed by atoms with Crippen LogP contribution in [0.25, 0.3) is 0 Å². The standard InChI is InChI=1S/C14H28N2O2/c1-14(2,7-8-17)10-16-13(18)12-6-4-3-5-11(12)9-15/h11-12,17H,3-10,15H2,1-2H3,(H,16,18). The number of aliphatic hydroxyl groups is 1. The molecule has 0 spiro atoms. The van der Waals surface area contributed by atoms with Crippen LogP contribution in [-0.4, -0.2) is 30.7 Å². The lowest BCUT2D eigenvalue weighted by atomic mass is 9.78. The Labute approximate surface area is 110 Å². The minimum Gasteiger partial charge on any atom is -0.396 e. The third-order valence-electron chi connectivity index (χ3n) is 4.08. The van der Waals surface area contributed by atoms with Crippen LogP contribution in [0.4, 0.5) is 0 Å². The molecule has 4 nitrogen and oxygen atoms in total. The first kappa shape index (κ1) is 15.4. The van der Waals surface area contributed by atoms with Crippen molar-refractivity contribution in [2.24, 2.45) is 23.0 Å². The largest absolute Gasteiger partial charge is 0.396 e. The maximum absolute atomic E-state index is 12.2. The summed E-state index contributed by atoms with van der Waals surface area (Å²) >= 11 is 0. The molecule has 0 aromatic heterocycles. The molecule has 106 valence electrons. The van der Waals surface area contributed by atoms with Crippen LogP contribution in [0.1, 0.15) is 46.0 Å². The minimum atomic E-state index is -0.0444. The van der Waals surface area contributed by atoms with Crippen LogP contribution in [0.5, 0.6) is 0 Å². The number of hydrogen-bond acceptors (Lipinski definition) is 3. The Bertz CT molecular complexity index is 267. The maximum Gasteiger partial charge on any atom is 0.223 e. The van der Waals surface area contributed by atoms with Crippen LogP contribution in [0, 0.1) is 17.3 Å². The molecule has 0 aromatic rings. The molecule has 1 rings (SSSR count). The molecule has 4 N–H and O–H groups in total. The second kappa shape index (κ2) is 7.10. The highest BCUT2D eigenvalue weighted by Gasteiger charge is 2.30. The lowest BCUT2D eigenvalue weighted by molar-refractivity contribution is -0.128. The highest BCUT2D eigenvalue weighted by molar-refractivity contribution is 5.79. The SMILES string of the molecule is CC(C)(CCO)CNC(=O)C1CCCCC1CN. The normalized spacial score (nSPS) is 24.9. The lowest BCUT2D eigenvalue weighted by Gasteiger charge is -2.31. The molecule has 0 heterocycles. The van der Waals surface area contributed by atoms with Crippen molar-refractivity contribution in [3.05, 3.63) is 0 Å². The highest BCUT2D eigenvalue weighted by atomic mass is 16.3. The van der Waals surface area contributed by atoms with Gasteiger partial charge in [0, 0.05) is 19.1 Å². The van der Waals surface area contributed by atoms with Crippen molar-refractivity contribution >= 4 is 5.91 Å². The van der Waals surface area contributed by atoms with Crippen molar-refractivity contribution in [1.82, 2.24) is 5.32 Å². The Morgan fingerprint density at radius 1 is 1.39 bits per heavy atom. The fourth-order valence-electron chi connectivity index (χ4n) is 2.68. The molecule has 2 unspecified atom stereocenters. The van der Waals surface area contributed by atoms with Gasteiger partial charge in [-0.05, 0) is 37.1 Å². The number of rotatable bonds is 6. The first-order valence-electron chi connectivity index (χ1n) is 7.09. The van der Waals surface area contributed by atoms with Crippen LogP contribution in [0.15, 0.2) is 0 Å². The molecule has 1 fully saturated rings. The van der Waals surface area contributed by atoms with E-state index in [4.69, 9.17) is 10.8 Å². The van der Waals surface area contributed by atoms with Gasteiger partial charge < -0.3 is 16.2 Å². The fraction of sp³-hybridized carbons (Fsp3) is 0.929. The third-order valence-corrected chi connectivity index (χ3v) is 4.08. The summed E-state index contributed by atoms with van der Waals surface area (Å²) in [4.78, 5) is 12.2. The van der Waals surface area contributed by atoms with Crippen molar-refractivity contribution in [3.63, 3.8) is 0 Å². The van der Waals surface area contributed by atoms with Gasteiger partial charge in [-0.15, -0.1) is 0 Å². The zero-order chi connectivity index (χ0) is 13.6. The summed E-state index contributed by atoms with van der Waals surface area (Å²) in [5.74, 6) is 0.588. The molecule has 1 aliphatic rings. The van der Waals surface area contributed by atoms with Crippen molar-refractivity contribution in [3.8, 4) is 0 Å². The summed E-state index contributed by atoms with van der Waals surface area (Å²) in [6.45, 7) is 5.52. The van der Waals surface area contributed by atoms with E-state index in [1.807, 2.05) is 0 Å². The summed E-state index contributed by atoms with van der Waals surface area (Å²) in [7, 11) is 0. The topological polar surface area (TPSA) is 75.3 Å². The number of carbonyl (C=O) groups excluding carboxylic acids is 1. The van der Waals surface area contributed by atoms with E-state index in [0.29, 0.717) is 25.4 Å². The number of nitrogens with one attached hydrogen (secondary N) is 1. The fourth-order valence-corrected chi connectivity index (χ4v) is 2.68. The van der Waals surface area contributed by atoms with Gasteiger partial charge in [0.2, 0.25) is 5.91 Å². The molecular formula is C14H28N2O2. The lowest BCUT2D eigenvalue weighted by Crippen LogP contribution is -2.42. The Hall–Kier alpha value is -0.610. The average Bonchev–Trinajstić information content (AvgIpc) is 2.36. The smallest absolute Gasteiger partial charge is 0.223 e. The van der Waals surface area contributed by atoms with Crippen LogP contribution < -0.4 is 11.1 Å². The van der Waals surface area contributed by atoms with E-state index in [-0.39, 0.29) is 23.8 Å². The molecule has 4 heteroatoms. The van der Waals surface area contributed by atoms with Gasteiger partial charge in [-0.1, -0.05) is 26.7 Å². The number of carbonyl (C=O) groups is 1. The van der Waals surface area contributed by atoms with Gasteiger partial charge in [-0.2, -0.15) is 0 Å². The second-order valence-electron chi connectivity index (χ2n) is 6.24. The molecule has 2 atom stereocenters. The Balaban J connectivity index is 2.44. The molecule has 0 saturated heterocycles. The first-order chi connectivity index (χ1) is 8.50. The Morgan fingerprint density at radius 3 is 2.67 bits per heavy atom. The van der Waals surface area contributed by atoms with Gasteiger partial charge in [-0.3, -0.25) is 4.79 Å². The number of aliphatic hydroxyl groups excluding tert-OH is 1. The molecule has 1 saturated carbocycles. The molecule has 0 aromatic carbocycles. The Morgan fingerprint density at radius 2 is 2.06 bits per heavy atom. The summed E-state index contributed by atoms with van der Waals surface area (Å²) in [6, 6.07) is 0. The summed E-state index contributed by atoms with van der Waals surface area (Å²) in [5, 5.41) is 12.0. The zero-order valence-electron chi connectivity index (χ0n) is 11.7. The molecule has 0 bridgehead atoms. The molecular weight excluding hydrogens is 228 g/mol. The van der Waals surface area contributed by atoms with E-state index in [0.717, 1.165) is 19.3 Å². The number of amides is 1. The zero-order valence-corrected chi connectivity index (χ0v) is 11.7. The van der Waals surface area contributed by atoms with Crippen molar-refractivity contribution in [2.45, 2.75) is 46.0 Å². The summed E-state index contributed by atoms with van der Waals surface area (Å²) in [6.07, 6.45) is 5.08. The summed E-state index contributed by atoms with van der Waals surface area (Å²) in [5.41, 5.74) is 5.70. The van der Waals surface area contributed by atoms with Crippen LogP contribution in [0.3, 0.4) is 0 Å². The van der Waals surface area contributed by atoms with E-state index in [2.05, 4.69) is 19.2 Å². The number of hydrogen-bond donors (Lipinski definition) is 3. The molecule has 0 aliphatic heterocycles. The number of nitrogens with two attached hydrogens (primary N) is 1. The predicted octanol–water partition coefficient (Wildman–Crippen LogP) is 1.28. The minimum absolute atomic E-state index is 0.0444. The molecule has 1 aliphatic carbocycles. The molecule has 18 heavy (non-hydrogen) atoms. The van der Waals surface area contributed by atoms with Gasteiger partial charge >= 0.3 is 0 Å². The van der Waals surface area contributed by atoms with Gasteiger partial charge in [0.1, 0.15) is 0 Å². The molecule has 1 amide bonds. The third kappa shape index (κ3) is 4.58. The second-order valence-corrected chi connectivity index (χ2v) is 6.24. The average molecular weight is 256 g/mol. The van der Waals surface area contributed by atoms with E-state index in [1.165, 1.54) is 6.42 Å². The first-order valence-corrected chi connectivity index (χ1v) is 7.09. The van der Waals surface area contributed by atoms with Crippen molar-refractivity contribution < 1.29 is 9.90 Å². The quantitative estimate of drug-likeness (QED) is 0.670. The van der Waals surface area contributed by atoms with E-state index in [1.54, 1.807) is 0 Å². The van der Waals surface area contributed by atoms with Gasteiger partial charge in [0.15, 0.2) is 0 Å². The molecule has 0 radical (unpaired) electrons. The van der Waals surface area contributed by atoms with Gasteiger partial charge in [0.25, 0.3) is 0 Å². The van der Waals surface area contributed by atoms with Crippen molar-refractivity contribution in [1.29, 1.82) is 0 Å². The Kier molecular flexibility index (Phi) is 6.09. The van der Waals surface area contributed by atoms with Crippen LogP contribution in [0.2, 0.25) is 0 Å². The van der Waals surface area contributed by atoms with Crippen LogP contribution in [-0.2, 0) is 4.79 Å². The predicted molar refractivity (Wildman–Crippen MR) is 73.0 cm³/mol. The van der Waals surface area contributed by atoms with Crippen molar-refractivity contribution in [2.75, 3.05) is 19.7 Å². The monoisotopic (exact) mass is 256 g/mol.